The SMILES string of the molecule is CC(C)=C1CN[C@H]2CC[C@]3(C)C4CC[C@@]5(C)C(CCC5C(C)N(C)C)C4CCC3[C@H]2OC1=O. The first-order chi connectivity index (χ1) is 15.6. The van der Waals surface area contributed by atoms with Gasteiger partial charge in [-0.05, 0) is 121 Å². The van der Waals surface area contributed by atoms with Crippen LogP contribution in [0.15, 0.2) is 11.1 Å². The molecule has 0 radical (unpaired) electrons. The van der Waals surface area contributed by atoms with Gasteiger partial charge in [0, 0.05) is 30.1 Å². The Bertz CT molecular complexity index is 816. The molecule has 5 fully saturated rings. The lowest BCUT2D eigenvalue weighted by Crippen LogP contribution is -2.61. The van der Waals surface area contributed by atoms with Crippen LogP contribution < -0.4 is 5.32 Å². The molecule has 0 amide bonds. The Hall–Kier alpha value is -0.870. The van der Waals surface area contributed by atoms with Crippen LogP contribution in [0.5, 0.6) is 0 Å². The third-order valence-electron chi connectivity index (χ3n) is 11.8. The molecular formula is C29H48N2O2. The predicted molar refractivity (Wildman–Crippen MR) is 134 cm³/mol. The van der Waals surface area contributed by atoms with Crippen molar-refractivity contribution in [3.8, 4) is 0 Å². The van der Waals surface area contributed by atoms with Gasteiger partial charge in [-0.1, -0.05) is 19.4 Å². The van der Waals surface area contributed by atoms with Crippen molar-refractivity contribution in [3.05, 3.63) is 11.1 Å². The van der Waals surface area contributed by atoms with Gasteiger partial charge in [-0.3, -0.25) is 0 Å². The average Bonchev–Trinajstić information content (AvgIpc) is 3.01. The van der Waals surface area contributed by atoms with Crippen LogP contribution in [0.1, 0.15) is 86.0 Å². The first kappa shape index (κ1) is 23.9. The third-order valence-corrected chi connectivity index (χ3v) is 11.8. The van der Waals surface area contributed by atoms with Crippen LogP contribution in [0, 0.1) is 40.4 Å². The van der Waals surface area contributed by atoms with Crippen molar-refractivity contribution < 1.29 is 9.53 Å². The Kier molecular flexibility index (Phi) is 6.04. The zero-order valence-corrected chi connectivity index (χ0v) is 22.2. The van der Waals surface area contributed by atoms with Crippen molar-refractivity contribution in [2.45, 2.75) is 104 Å². The Morgan fingerprint density at radius 2 is 1.64 bits per heavy atom. The van der Waals surface area contributed by atoms with Crippen LogP contribution in [0.25, 0.3) is 0 Å². The largest absolute Gasteiger partial charge is 0.457 e. The van der Waals surface area contributed by atoms with E-state index < -0.39 is 0 Å². The molecule has 0 spiro atoms. The van der Waals surface area contributed by atoms with Crippen LogP contribution in [0.4, 0.5) is 0 Å². The number of carbonyl (C=O) groups excluding carboxylic acids is 1. The van der Waals surface area contributed by atoms with E-state index in [0.29, 0.717) is 35.4 Å². The van der Waals surface area contributed by atoms with Crippen molar-refractivity contribution in [2.75, 3.05) is 20.6 Å². The van der Waals surface area contributed by atoms with Crippen LogP contribution in [0.3, 0.4) is 0 Å². The summed E-state index contributed by atoms with van der Waals surface area (Å²) in [5, 5.41) is 3.73. The molecule has 4 heteroatoms. The molecule has 4 aliphatic carbocycles. The zero-order valence-electron chi connectivity index (χ0n) is 22.2. The number of rotatable bonds is 2. The van der Waals surface area contributed by atoms with E-state index in [1.165, 1.54) is 44.9 Å². The molecule has 5 rings (SSSR count). The monoisotopic (exact) mass is 456 g/mol. The summed E-state index contributed by atoms with van der Waals surface area (Å²) in [6.45, 7) is 12.4. The summed E-state index contributed by atoms with van der Waals surface area (Å²) >= 11 is 0. The van der Waals surface area contributed by atoms with Crippen LogP contribution in [-0.4, -0.2) is 49.7 Å². The molecular weight excluding hydrogens is 408 g/mol. The van der Waals surface area contributed by atoms with Gasteiger partial charge in [0.1, 0.15) is 6.10 Å². The highest BCUT2D eigenvalue weighted by molar-refractivity contribution is 5.90. The molecule has 1 saturated heterocycles. The van der Waals surface area contributed by atoms with Gasteiger partial charge in [-0.15, -0.1) is 0 Å². The molecule has 1 heterocycles. The van der Waals surface area contributed by atoms with E-state index in [2.05, 4.69) is 45.1 Å². The fourth-order valence-electron chi connectivity index (χ4n) is 9.76. The lowest BCUT2D eigenvalue weighted by atomic mass is 9.44. The average molecular weight is 457 g/mol. The Labute approximate surface area is 202 Å². The van der Waals surface area contributed by atoms with Gasteiger partial charge in [0.05, 0.1) is 0 Å². The minimum Gasteiger partial charge on any atom is -0.457 e. The summed E-state index contributed by atoms with van der Waals surface area (Å²) in [4.78, 5) is 15.5. The fourth-order valence-corrected chi connectivity index (χ4v) is 9.76. The molecule has 5 aliphatic rings. The summed E-state index contributed by atoms with van der Waals surface area (Å²) < 4.78 is 6.32. The van der Waals surface area contributed by atoms with E-state index in [4.69, 9.17) is 4.74 Å². The van der Waals surface area contributed by atoms with Crippen molar-refractivity contribution in [2.24, 2.45) is 40.4 Å². The number of nitrogens with one attached hydrogen (secondary N) is 1. The number of nitrogens with zero attached hydrogens (tertiary/aromatic N) is 1. The number of ether oxygens (including phenoxy) is 1. The quantitative estimate of drug-likeness (QED) is 0.445. The molecule has 1 N–H and O–H groups in total. The van der Waals surface area contributed by atoms with Crippen LogP contribution in [0.2, 0.25) is 0 Å². The number of esters is 1. The second-order valence-corrected chi connectivity index (χ2v) is 13.4. The van der Waals surface area contributed by atoms with E-state index in [1.807, 2.05) is 13.8 Å². The highest BCUT2D eigenvalue weighted by Crippen LogP contribution is 2.68. The number of hydrogen-bond acceptors (Lipinski definition) is 4. The molecule has 0 aromatic heterocycles. The molecule has 4 nitrogen and oxygen atoms in total. The topological polar surface area (TPSA) is 41.6 Å². The summed E-state index contributed by atoms with van der Waals surface area (Å²) in [6, 6.07) is 0.991. The summed E-state index contributed by atoms with van der Waals surface area (Å²) in [5.74, 6) is 3.82. The Balaban J connectivity index is 1.39. The van der Waals surface area contributed by atoms with Gasteiger partial charge in [0.2, 0.25) is 0 Å². The predicted octanol–water partition coefficient (Wildman–Crippen LogP) is 5.43. The van der Waals surface area contributed by atoms with E-state index >= 15 is 0 Å². The van der Waals surface area contributed by atoms with Gasteiger partial charge in [0.25, 0.3) is 0 Å². The molecule has 33 heavy (non-hydrogen) atoms. The van der Waals surface area contributed by atoms with Crippen molar-refractivity contribution in [1.82, 2.24) is 10.2 Å². The zero-order chi connectivity index (χ0) is 23.7. The van der Waals surface area contributed by atoms with Gasteiger partial charge in [0.15, 0.2) is 0 Å². The van der Waals surface area contributed by atoms with Crippen molar-refractivity contribution >= 4 is 5.97 Å². The van der Waals surface area contributed by atoms with Gasteiger partial charge < -0.3 is 15.0 Å². The van der Waals surface area contributed by atoms with Gasteiger partial charge in [-0.2, -0.15) is 0 Å². The Morgan fingerprint density at radius 1 is 0.970 bits per heavy atom. The van der Waals surface area contributed by atoms with E-state index in [-0.39, 0.29) is 12.1 Å². The number of hydrogen-bond donors (Lipinski definition) is 1. The van der Waals surface area contributed by atoms with Gasteiger partial charge in [-0.25, -0.2) is 4.79 Å². The molecule has 0 aromatic carbocycles. The molecule has 0 bridgehead atoms. The van der Waals surface area contributed by atoms with Crippen LogP contribution in [-0.2, 0) is 9.53 Å². The number of allylic oxidation sites excluding steroid dienone is 1. The first-order valence-corrected chi connectivity index (χ1v) is 13.8. The lowest BCUT2D eigenvalue weighted by molar-refractivity contribution is -0.176. The van der Waals surface area contributed by atoms with Crippen molar-refractivity contribution in [3.63, 3.8) is 0 Å². The standard InChI is InChI=1S/C29H48N2O2/c1-17(2)20-16-30-25-13-15-29(5)23-12-14-28(4)21(18(3)31(6)7)10-11-22(28)19(23)8-9-24(29)26(25)33-27(20)32/h18-19,21-26,30H,8-16H2,1-7H3/t18?,19?,21?,22?,23?,24?,25-,26+,28+,29+/m0/s1. The van der Waals surface area contributed by atoms with Crippen molar-refractivity contribution in [1.29, 1.82) is 0 Å². The second-order valence-electron chi connectivity index (χ2n) is 13.4. The van der Waals surface area contributed by atoms with E-state index in [0.717, 1.165) is 41.2 Å². The maximum Gasteiger partial charge on any atom is 0.335 e. The molecule has 186 valence electrons. The molecule has 6 unspecified atom stereocenters. The minimum absolute atomic E-state index is 0.0486. The minimum atomic E-state index is -0.0612. The third kappa shape index (κ3) is 3.56. The highest BCUT2D eigenvalue weighted by Gasteiger charge is 2.63. The summed E-state index contributed by atoms with van der Waals surface area (Å²) in [6.07, 6.45) is 10.6. The van der Waals surface area contributed by atoms with E-state index in [1.54, 1.807) is 0 Å². The highest BCUT2D eigenvalue weighted by atomic mass is 16.5. The maximum atomic E-state index is 13.0. The smallest absolute Gasteiger partial charge is 0.335 e. The number of fused-ring (bicyclic) bond motifs is 7. The molecule has 10 atom stereocenters. The van der Waals surface area contributed by atoms with Crippen LogP contribution >= 0.6 is 0 Å². The number of carbonyl (C=O) groups is 1. The summed E-state index contributed by atoms with van der Waals surface area (Å²) in [5.41, 5.74) is 2.75. The fraction of sp³-hybridized carbons (Fsp3) is 0.897. The molecule has 0 aromatic rings. The lowest BCUT2D eigenvalue weighted by Gasteiger charge is -2.62. The van der Waals surface area contributed by atoms with E-state index in [9.17, 15) is 4.79 Å². The first-order valence-electron chi connectivity index (χ1n) is 13.8. The molecule has 4 saturated carbocycles. The summed E-state index contributed by atoms with van der Waals surface area (Å²) in [7, 11) is 4.53. The maximum absolute atomic E-state index is 13.0. The molecule has 1 aliphatic heterocycles. The second kappa shape index (κ2) is 8.36. The Morgan fingerprint density at radius 3 is 2.33 bits per heavy atom. The normalized spacial score (nSPS) is 48.2. The van der Waals surface area contributed by atoms with Gasteiger partial charge >= 0.3 is 5.97 Å².